The largest absolute Gasteiger partial charge is 0.416 e. The number of aliphatic hydroxyl groups excluding tert-OH is 1. The second kappa shape index (κ2) is 10.6. The topological polar surface area (TPSA) is 57.1 Å². The first-order valence-corrected chi connectivity index (χ1v) is 9.09. The number of benzene rings is 1. The van der Waals surface area contributed by atoms with Crippen LogP contribution in [0.4, 0.5) is 13.2 Å². The first-order valence-electron chi connectivity index (χ1n) is 9.09. The molecule has 0 amide bonds. The molecule has 1 heterocycles. The lowest BCUT2D eigenvalue weighted by Crippen LogP contribution is -2.48. The van der Waals surface area contributed by atoms with Crippen LogP contribution in [0.2, 0.25) is 0 Å². The van der Waals surface area contributed by atoms with Crippen molar-refractivity contribution in [1.82, 2.24) is 10.2 Å². The van der Waals surface area contributed by atoms with Crippen LogP contribution in [0.25, 0.3) is 0 Å². The lowest BCUT2D eigenvalue weighted by Gasteiger charge is -2.36. The summed E-state index contributed by atoms with van der Waals surface area (Å²) in [5.74, 6) is 0.680. The van der Waals surface area contributed by atoms with Gasteiger partial charge in [0, 0.05) is 25.1 Å². The average Bonchev–Trinajstić information content (AvgIpc) is 2.64. The summed E-state index contributed by atoms with van der Waals surface area (Å²) in [6.45, 7) is 8.34. The normalized spacial score (nSPS) is 18.6. The van der Waals surface area contributed by atoms with Gasteiger partial charge < -0.3 is 20.1 Å². The number of alkyl halides is 3. The molecule has 1 aliphatic rings. The zero-order valence-electron chi connectivity index (χ0n) is 16.4. The molecule has 2 rings (SSSR count). The van der Waals surface area contributed by atoms with Gasteiger partial charge in [-0.1, -0.05) is 26.0 Å². The molecule has 0 aliphatic carbocycles. The van der Waals surface area contributed by atoms with Gasteiger partial charge >= 0.3 is 6.18 Å². The number of nitrogens with one attached hydrogen (secondary N) is 1. The third-order valence-corrected chi connectivity index (χ3v) is 4.37. The van der Waals surface area contributed by atoms with E-state index in [-0.39, 0.29) is 36.0 Å². The van der Waals surface area contributed by atoms with Crippen molar-refractivity contribution in [3.05, 3.63) is 35.4 Å². The second-order valence-electron chi connectivity index (χ2n) is 7.42. The molecule has 160 valence electrons. The van der Waals surface area contributed by atoms with Gasteiger partial charge in [0.25, 0.3) is 0 Å². The van der Waals surface area contributed by atoms with E-state index in [2.05, 4.69) is 10.3 Å². The van der Waals surface area contributed by atoms with E-state index in [1.54, 1.807) is 6.07 Å². The molecule has 1 unspecified atom stereocenters. The maximum absolute atomic E-state index is 13.0. The Hall–Kier alpha value is -1.07. The summed E-state index contributed by atoms with van der Waals surface area (Å²) in [7, 11) is 0. The molecular weight excluding hydrogens is 486 g/mol. The number of morpholine rings is 1. The lowest BCUT2D eigenvalue weighted by atomic mass is 9.95. The van der Waals surface area contributed by atoms with Crippen molar-refractivity contribution in [3.8, 4) is 0 Å². The Kier molecular flexibility index (Phi) is 9.48. The van der Waals surface area contributed by atoms with Crippen LogP contribution in [-0.4, -0.2) is 55.4 Å². The summed E-state index contributed by atoms with van der Waals surface area (Å²) in [6, 6.07) is 5.27. The second-order valence-corrected chi connectivity index (χ2v) is 7.42. The molecule has 1 aliphatic heterocycles. The average molecular weight is 515 g/mol. The molecule has 0 spiro atoms. The van der Waals surface area contributed by atoms with Gasteiger partial charge in [-0.2, -0.15) is 13.2 Å². The molecule has 5 nitrogen and oxygen atoms in total. The standard InChI is InChI=1S/C19H28F3N3O2.HI/c1-4-23-17(24-12-18(2,3)13-26)25-8-9-27-16(11-25)14-6-5-7-15(10-14)19(20,21)22;/h5-7,10,16,26H,4,8-9,11-13H2,1-3H3,(H,23,24);1H. The fraction of sp³-hybridized carbons (Fsp3) is 0.632. The predicted molar refractivity (Wildman–Crippen MR) is 114 cm³/mol. The van der Waals surface area contributed by atoms with Gasteiger partial charge in [0.1, 0.15) is 6.10 Å². The molecule has 9 heteroatoms. The van der Waals surface area contributed by atoms with Crippen molar-refractivity contribution < 1.29 is 23.0 Å². The number of aliphatic hydroxyl groups is 1. The van der Waals surface area contributed by atoms with E-state index >= 15 is 0 Å². The van der Waals surface area contributed by atoms with Gasteiger partial charge in [-0.05, 0) is 24.6 Å². The van der Waals surface area contributed by atoms with Crippen molar-refractivity contribution in [3.63, 3.8) is 0 Å². The SMILES string of the molecule is CCNC(=NCC(C)(C)CO)N1CCOC(c2cccc(C(F)(F)F)c2)C1.I. The lowest BCUT2D eigenvalue weighted by molar-refractivity contribution is -0.137. The molecule has 1 aromatic rings. The molecule has 0 radical (unpaired) electrons. The van der Waals surface area contributed by atoms with Gasteiger partial charge in [-0.25, -0.2) is 0 Å². The Balaban J connectivity index is 0.00000392. The molecule has 1 aromatic carbocycles. The van der Waals surface area contributed by atoms with E-state index in [1.807, 2.05) is 25.7 Å². The third-order valence-electron chi connectivity index (χ3n) is 4.37. The summed E-state index contributed by atoms with van der Waals surface area (Å²) in [4.78, 5) is 6.59. The molecule has 0 aromatic heterocycles. The summed E-state index contributed by atoms with van der Waals surface area (Å²) in [5.41, 5.74) is -0.514. The van der Waals surface area contributed by atoms with Crippen LogP contribution in [-0.2, 0) is 10.9 Å². The number of guanidine groups is 1. The van der Waals surface area contributed by atoms with Crippen LogP contribution >= 0.6 is 24.0 Å². The number of hydrogen-bond acceptors (Lipinski definition) is 3. The molecule has 1 atom stereocenters. The number of halogens is 4. The van der Waals surface area contributed by atoms with E-state index in [4.69, 9.17) is 4.74 Å². The minimum atomic E-state index is -4.38. The first kappa shape index (κ1) is 25.0. The Morgan fingerprint density at radius 3 is 2.68 bits per heavy atom. The highest BCUT2D eigenvalue weighted by molar-refractivity contribution is 14.0. The molecule has 1 fully saturated rings. The van der Waals surface area contributed by atoms with Crippen molar-refractivity contribution in [1.29, 1.82) is 0 Å². The minimum absolute atomic E-state index is 0. The van der Waals surface area contributed by atoms with Gasteiger partial charge in [-0.3, -0.25) is 4.99 Å². The van der Waals surface area contributed by atoms with Crippen LogP contribution < -0.4 is 5.32 Å². The van der Waals surface area contributed by atoms with Crippen molar-refractivity contribution in [2.24, 2.45) is 10.4 Å². The van der Waals surface area contributed by atoms with E-state index in [1.165, 1.54) is 6.07 Å². The Morgan fingerprint density at radius 2 is 2.07 bits per heavy atom. The molecule has 0 saturated carbocycles. The monoisotopic (exact) mass is 515 g/mol. The van der Waals surface area contributed by atoms with Crippen molar-refractivity contribution in [2.75, 3.05) is 39.4 Å². The molecule has 28 heavy (non-hydrogen) atoms. The zero-order chi connectivity index (χ0) is 20.1. The van der Waals surface area contributed by atoms with Crippen LogP contribution in [0, 0.1) is 5.41 Å². The van der Waals surface area contributed by atoms with Crippen LogP contribution in [0.3, 0.4) is 0 Å². The van der Waals surface area contributed by atoms with Gasteiger partial charge in [0.15, 0.2) is 5.96 Å². The van der Waals surface area contributed by atoms with E-state index < -0.39 is 17.8 Å². The third kappa shape index (κ3) is 7.07. The zero-order valence-corrected chi connectivity index (χ0v) is 18.8. The smallest absolute Gasteiger partial charge is 0.396 e. The van der Waals surface area contributed by atoms with Gasteiger partial charge in [0.2, 0.25) is 0 Å². The molecule has 2 N–H and O–H groups in total. The Labute approximate surface area is 181 Å². The number of aliphatic imine (C=N–C) groups is 1. The van der Waals surface area contributed by atoms with Crippen molar-refractivity contribution in [2.45, 2.75) is 33.1 Å². The summed E-state index contributed by atoms with van der Waals surface area (Å²) in [5, 5.41) is 12.6. The summed E-state index contributed by atoms with van der Waals surface area (Å²) >= 11 is 0. The maximum atomic E-state index is 13.0. The van der Waals surface area contributed by atoms with E-state index in [0.29, 0.717) is 44.3 Å². The number of hydrogen-bond donors (Lipinski definition) is 2. The number of nitrogens with zero attached hydrogens (tertiary/aromatic N) is 2. The number of rotatable bonds is 5. The first-order chi connectivity index (χ1) is 12.7. The van der Waals surface area contributed by atoms with E-state index in [9.17, 15) is 18.3 Å². The fourth-order valence-corrected chi connectivity index (χ4v) is 2.72. The maximum Gasteiger partial charge on any atom is 0.416 e. The van der Waals surface area contributed by atoms with Crippen molar-refractivity contribution >= 4 is 29.9 Å². The Bertz CT molecular complexity index is 654. The molecular formula is C19H29F3IN3O2. The highest BCUT2D eigenvalue weighted by Gasteiger charge is 2.32. The van der Waals surface area contributed by atoms with Crippen LogP contribution in [0.1, 0.15) is 38.0 Å². The minimum Gasteiger partial charge on any atom is -0.396 e. The summed E-state index contributed by atoms with van der Waals surface area (Å²) < 4.78 is 44.7. The van der Waals surface area contributed by atoms with Gasteiger partial charge in [0.05, 0.1) is 25.3 Å². The molecule has 1 saturated heterocycles. The summed E-state index contributed by atoms with van der Waals surface area (Å²) in [6.07, 6.45) is -4.84. The predicted octanol–water partition coefficient (Wildman–Crippen LogP) is 3.68. The highest BCUT2D eigenvalue weighted by Crippen LogP contribution is 2.32. The van der Waals surface area contributed by atoms with E-state index in [0.717, 1.165) is 12.1 Å². The fourth-order valence-electron chi connectivity index (χ4n) is 2.72. The quantitative estimate of drug-likeness (QED) is 0.357. The highest BCUT2D eigenvalue weighted by atomic mass is 127. The van der Waals surface area contributed by atoms with Crippen LogP contribution in [0.15, 0.2) is 29.3 Å². The van der Waals surface area contributed by atoms with Crippen LogP contribution in [0.5, 0.6) is 0 Å². The number of ether oxygens (including phenoxy) is 1. The molecule has 0 bridgehead atoms. The van der Waals surface area contributed by atoms with Gasteiger partial charge in [-0.15, -0.1) is 24.0 Å². The Morgan fingerprint density at radius 1 is 1.36 bits per heavy atom.